The van der Waals surface area contributed by atoms with E-state index < -0.39 is 10.0 Å². The number of benzene rings is 1. The van der Waals surface area contributed by atoms with Crippen LogP contribution in [0.15, 0.2) is 17.0 Å². The molecule has 0 fully saturated rings. The Hall–Kier alpha value is -1.51. The fourth-order valence-electron chi connectivity index (χ4n) is 1.71. The van der Waals surface area contributed by atoms with Gasteiger partial charge in [0.05, 0.1) is 5.69 Å². The molecule has 5 heteroatoms. The van der Waals surface area contributed by atoms with Gasteiger partial charge in [0.25, 0.3) is 0 Å². The highest BCUT2D eigenvalue weighted by atomic mass is 32.2. The largest absolute Gasteiger partial charge is 0.398 e. The number of rotatable bonds is 4. The van der Waals surface area contributed by atoms with Crippen LogP contribution in [0.4, 0.5) is 5.69 Å². The molecule has 1 rings (SSSR count). The molecule has 0 saturated heterocycles. The van der Waals surface area contributed by atoms with Crippen LogP contribution in [0.1, 0.15) is 24.5 Å². The van der Waals surface area contributed by atoms with E-state index in [9.17, 15) is 8.42 Å². The fraction of sp³-hybridized carbons (Fsp3) is 0.385. The van der Waals surface area contributed by atoms with Crippen molar-refractivity contribution in [3.05, 3.63) is 23.3 Å². The van der Waals surface area contributed by atoms with Crippen molar-refractivity contribution >= 4 is 15.7 Å². The number of aryl methyl sites for hydroxylation is 1. The summed E-state index contributed by atoms with van der Waals surface area (Å²) in [6.45, 7) is 5.31. The highest BCUT2D eigenvalue weighted by molar-refractivity contribution is 7.89. The summed E-state index contributed by atoms with van der Waals surface area (Å²) in [4.78, 5) is 0.145. The van der Waals surface area contributed by atoms with E-state index in [0.717, 1.165) is 5.56 Å². The van der Waals surface area contributed by atoms with Crippen molar-refractivity contribution in [2.24, 2.45) is 0 Å². The lowest BCUT2D eigenvalue weighted by molar-refractivity contribution is 0.563. The van der Waals surface area contributed by atoms with Crippen molar-refractivity contribution in [3.63, 3.8) is 0 Å². The summed E-state index contributed by atoms with van der Waals surface area (Å²) in [7, 11) is -3.64. The maximum atomic E-state index is 12.3. The fourth-order valence-corrected chi connectivity index (χ4v) is 3.38. The molecule has 1 unspecified atom stereocenters. The summed E-state index contributed by atoms with van der Waals surface area (Å²) in [6, 6.07) is 3.08. The number of anilines is 1. The third kappa shape index (κ3) is 3.03. The Morgan fingerprint density at radius 2 is 2.06 bits per heavy atom. The predicted octanol–water partition coefficient (Wildman–Crippen LogP) is 1.58. The van der Waals surface area contributed by atoms with Crippen molar-refractivity contribution in [1.82, 2.24) is 4.72 Å². The molecule has 1 atom stereocenters. The highest BCUT2D eigenvalue weighted by Crippen LogP contribution is 2.25. The van der Waals surface area contributed by atoms with E-state index in [1.54, 1.807) is 26.0 Å². The second kappa shape index (κ2) is 5.42. The van der Waals surface area contributed by atoms with E-state index in [1.165, 1.54) is 0 Å². The van der Waals surface area contributed by atoms with E-state index in [2.05, 4.69) is 10.6 Å². The van der Waals surface area contributed by atoms with Crippen LogP contribution in [-0.2, 0) is 10.0 Å². The van der Waals surface area contributed by atoms with E-state index in [0.29, 0.717) is 12.0 Å². The number of nitrogens with two attached hydrogens (primary N) is 1. The summed E-state index contributed by atoms with van der Waals surface area (Å²) in [5.41, 5.74) is 7.56. The molecule has 0 aliphatic rings. The summed E-state index contributed by atoms with van der Waals surface area (Å²) in [5, 5.41) is 0. The molecular formula is C13H18N2O2S. The maximum Gasteiger partial charge on any atom is 0.243 e. The quantitative estimate of drug-likeness (QED) is 0.642. The van der Waals surface area contributed by atoms with Crippen molar-refractivity contribution in [2.45, 2.75) is 38.1 Å². The van der Waals surface area contributed by atoms with Gasteiger partial charge < -0.3 is 5.73 Å². The summed E-state index contributed by atoms with van der Waals surface area (Å²) in [5.74, 6) is 2.42. The molecule has 0 amide bonds. The van der Waals surface area contributed by atoms with Gasteiger partial charge in [0.15, 0.2) is 0 Å². The molecule has 0 aliphatic carbocycles. The lowest BCUT2D eigenvalue weighted by Gasteiger charge is -2.16. The van der Waals surface area contributed by atoms with Crippen LogP contribution in [0.3, 0.4) is 0 Å². The van der Waals surface area contributed by atoms with E-state index in [4.69, 9.17) is 12.2 Å². The average Bonchev–Trinajstić information content (AvgIpc) is 2.23. The van der Waals surface area contributed by atoms with Gasteiger partial charge in [-0.15, -0.1) is 12.3 Å². The maximum absolute atomic E-state index is 12.3. The van der Waals surface area contributed by atoms with Gasteiger partial charge >= 0.3 is 0 Å². The average molecular weight is 266 g/mol. The van der Waals surface area contributed by atoms with Crippen LogP contribution in [0.5, 0.6) is 0 Å². The molecule has 3 N–H and O–H groups in total. The predicted molar refractivity (Wildman–Crippen MR) is 73.6 cm³/mol. The van der Waals surface area contributed by atoms with Gasteiger partial charge in [0, 0.05) is 12.5 Å². The van der Waals surface area contributed by atoms with Crippen LogP contribution in [0, 0.1) is 26.2 Å². The smallest absolute Gasteiger partial charge is 0.243 e. The number of hydrogen-bond donors (Lipinski definition) is 2. The molecule has 98 valence electrons. The van der Waals surface area contributed by atoms with Crippen LogP contribution in [-0.4, -0.2) is 14.5 Å². The minimum absolute atomic E-state index is 0.145. The Kier molecular flexibility index (Phi) is 4.38. The number of terminal acetylenes is 1. The Balaban J connectivity index is 3.22. The molecule has 1 aromatic carbocycles. The summed E-state index contributed by atoms with van der Waals surface area (Å²) >= 11 is 0. The second-order valence-electron chi connectivity index (χ2n) is 4.36. The first-order chi connectivity index (χ1) is 8.29. The summed E-state index contributed by atoms with van der Waals surface area (Å²) < 4.78 is 27.0. The van der Waals surface area contributed by atoms with Gasteiger partial charge in [0.1, 0.15) is 4.90 Å². The number of hydrogen-bond acceptors (Lipinski definition) is 3. The lowest BCUT2D eigenvalue weighted by atomic mass is 10.1. The molecule has 0 heterocycles. The van der Waals surface area contributed by atoms with Crippen LogP contribution in [0.25, 0.3) is 0 Å². The first-order valence-corrected chi connectivity index (χ1v) is 7.09. The van der Waals surface area contributed by atoms with Gasteiger partial charge in [0.2, 0.25) is 10.0 Å². The Bertz CT molecular complexity index is 586. The Labute approximate surface area is 109 Å². The van der Waals surface area contributed by atoms with Crippen LogP contribution in [0.2, 0.25) is 0 Å². The van der Waals surface area contributed by atoms with Crippen molar-refractivity contribution in [2.75, 3.05) is 5.73 Å². The molecule has 0 bridgehead atoms. The minimum atomic E-state index is -3.64. The van der Waals surface area contributed by atoms with Gasteiger partial charge in [-0.25, -0.2) is 13.1 Å². The molecular weight excluding hydrogens is 248 g/mol. The normalized spacial score (nSPS) is 13.0. The number of nitrogen functional groups attached to an aromatic ring is 1. The summed E-state index contributed by atoms with van der Waals surface area (Å²) in [6.07, 6.45) is 5.50. The van der Waals surface area contributed by atoms with E-state index in [1.807, 2.05) is 6.92 Å². The zero-order valence-electron chi connectivity index (χ0n) is 10.8. The van der Waals surface area contributed by atoms with E-state index in [-0.39, 0.29) is 16.6 Å². The zero-order chi connectivity index (χ0) is 13.9. The zero-order valence-corrected chi connectivity index (χ0v) is 11.6. The molecule has 1 aromatic rings. The third-order valence-corrected chi connectivity index (χ3v) is 4.55. The van der Waals surface area contributed by atoms with Crippen molar-refractivity contribution < 1.29 is 8.42 Å². The molecule has 0 spiro atoms. The van der Waals surface area contributed by atoms with Gasteiger partial charge in [-0.05, 0) is 38.0 Å². The number of sulfonamides is 1. The standard InChI is InChI=1S/C13H18N2O2S/c1-5-6-10(3)15-18(16,17)13-11(4)9(2)7-8-12(13)14/h1,7-8,10,15H,6,14H2,2-4H3. The van der Waals surface area contributed by atoms with Gasteiger partial charge in [-0.1, -0.05) is 6.07 Å². The molecule has 0 aromatic heterocycles. The third-order valence-electron chi connectivity index (χ3n) is 2.76. The minimum Gasteiger partial charge on any atom is -0.398 e. The number of nitrogens with one attached hydrogen (secondary N) is 1. The monoisotopic (exact) mass is 266 g/mol. The molecule has 0 saturated carbocycles. The molecule has 0 aliphatic heterocycles. The molecule has 18 heavy (non-hydrogen) atoms. The molecule has 0 radical (unpaired) electrons. The van der Waals surface area contributed by atoms with Gasteiger partial charge in [-0.3, -0.25) is 0 Å². The second-order valence-corrected chi connectivity index (χ2v) is 6.01. The van der Waals surface area contributed by atoms with E-state index >= 15 is 0 Å². The van der Waals surface area contributed by atoms with Crippen molar-refractivity contribution in [3.8, 4) is 12.3 Å². The molecule has 4 nitrogen and oxygen atoms in total. The Morgan fingerprint density at radius 3 is 2.61 bits per heavy atom. The van der Waals surface area contributed by atoms with Crippen LogP contribution < -0.4 is 10.5 Å². The van der Waals surface area contributed by atoms with Crippen LogP contribution >= 0.6 is 0 Å². The van der Waals surface area contributed by atoms with Gasteiger partial charge in [-0.2, -0.15) is 0 Å². The first kappa shape index (κ1) is 14.6. The van der Waals surface area contributed by atoms with Crippen molar-refractivity contribution in [1.29, 1.82) is 0 Å². The first-order valence-electron chi connectivity index (χ1n) is 5.61. The SMILES string of the molecule is C#CCC(C)NS(=O)(=O)c1c(N)ccc(C)c1C. The topological polar surface area (TPSA) is 72.2 Å². The Morgan fingerprint density at radius 1 is 1.44 bits per heavy atom. The highest BCUT2D eigenvalue weighted by Gasteiger charge is 2.22. The lowest BCUT2D eigenvalue weighted by Crippen LogP contribution is -2.33.